The van der Waals surface area contributed by atoms with E-state index in [1.54, 1.807) is 34.9 Å². The summed E-state index contributed by atoms with van der Waals surface area (Å²) in [7, 11) is 0. The van der Waals surface area contributed by atoms with Gasteiger partial charge in [-0.2, -0.15) is 0 Å². The van der Waals surface area contributed by atoms with E-state index < -0.39 is 0 Å². The van der Waals surface area contributed by atoms with E-state index in [9.17, 15) is 14.0 Å². The Balaban J connectivity index is 1.66. The molecule has 2 amide bonds. The highest BCUT2D eigenvalue weighted by Crippen LogP contribution is 2.24. The van der Waals surface area contributed by atoms with Gasteiger partial charge >= 0.3 is 0 Å². The Morgan fingerprint density at radius 1 is 1.14 bits per heavy atom. The van der Waals surface area contributed by atoms with E-state index in [0.717, 1.165) is 5.56 Å². The van der Waals surface area contributed by atoms with Crippen LogP contribution < -0.4 is 0 Å². The van der Waals surface area contributed by atoms with Crippen molar-refractivity contribution < 1.29 is 14.0 Å². The molecule has 1 fully saturated rings. The Hall–Kier alpha value is -2.68. The largest absolute Gasteiger partial charge is 0.339 e. The van der Waals surface area contributed by atoms with E-state index >= 15 is 0 Å². The lowest BCUT2D eigenvalue weighted by molar-refractivity contribution is -0.136. The van der Waals surface area contributed by atoms with Crippen LogP contribution in [-0.4, -0.2) is 68.3 Å². The predicted octanol–water partition coefficient (Wildman–Crippen LogP) is 2.05. The second kappa shape index (κ2) is 9.01. The Labute approximate surface area is 167 Å². The normalized spacial score (nSPS) is 14.2. The Morgan fingerprint density at radius 2 is 1.79 bits per heavy atom. The van der Waals surface area contributed by atoms with Crippen LogP contribution in [0, 0.1) is 5.82 Å². The number of hydrogen-bond donors (Lipinski definition) is 0. The van der Waals surface area contributed by atoms with Gasteiger partial charge in [0, 0.05) is 45.2 Å². The molecule has 0 unspecified atom stereocenters. The fourth-order valence-corrected chi connectivity index (χ4v) is 3.84. The molecule has 1 aliphatic rings. The Kier molecular flexibility index (Phi) is 6.45. The van der Waals surface area contributed by atoms with Gasteiger partial charge in [-0.05, 0) is 24.3 Å². The van der Waals surface area contributed by atoms with Crippen molar-refractivity contribution in [2.24, 2.45) is 0 Å². The summed E-state index contributed by atoms with van der Waals surface area (Å²) in [6, 6.07) is 6.04. The van der Waals surface area contributed by atoms with Crippen molar-refractivity contribution in [3.63, 3.8) is 0 Å². The molecule has 3 rings (SSSR count). The van der Waals surface area contributed by atoms with Gasteiger partial charge in [0.2, 0.25) is 11.8 Å². The molecule has 0 atom stereocenters. The van der Waals surface area contributed by atoms with Crippen LogP contribution in [0.4, 0.5) is 4.39 Å². The number of carbonyl (C=O) groups is 2. The minimum Gasteiger partial charge on any atom is -0.339 e. The van der Waals surface area contributed by atoms with Gasteiger partial charge in [0.25, 0.3) is 0 Å². The van der Waals surface area contributed by atoms with Gasteiger partial charge in [0.1, 0.15) is 5.82 Å². The molecule has 1 aliphatic heterocycles. The average Bonchev–Trinajstić information content (AvgIpc) is 3.09. The maximum Gasteiger partial charge on any atom is 0.233 e. The van der Waals surface area contributed by atoms with Crippen LogP contribution in [0.5, 0.6) is 0 Å². The summed E-state index contributed by atoms with van der Waals surface area (Å²) >= 11 is 1.31. The molecule has 28 heavy (non-hydrogen) atoms. The van der Waals surface area contributed by atoms with Crippen LogP contribution in [0.25, 0.3) is 11.4 Å². The quantitative estimate of drug-likeness (QED) is 0.545. The molecule has 148 valence electrons. The highest BCUT2D eigenvalue weighted by Gasteiger charge is 2.23. The zero-order valence-electron chi connectivity index (χ0n) is 15.7. The summed E-state index contributed by atoms with van der Waals surface area (Å²) in [6.45, 7) is 7.99. The molecule has 7 nitrogen and oxygen atoms in total. The molecule has 1 saturated heterocycles. The lowest BCUT2D eigenvalue weighted by Crippen LogP contribution is -2.50. The van der Waals surface area contributed by atoms with Gasteiger partial charge in [0.15, 0.2) is 11.0 Å². The van der Waals surface area contributed by atoms with Crippen molar-refractivity contribution in [1.29, 1.82) is 0 Å². The van der Waals surface area contributed by atoms with E-state index in [1.165, 1.54) is 23.9 Å². The SMILES string of the molecule is C=CCn1c(SCC(=O)N2CCN(C(C)=O)CC2)nnc1-c1ccc(F)cc1. The number of rotatable bonds is 6. The number of piperazine rings is 1. The maximum absolute atomic E-state index is 13.2. The van der Waals surface area contributed by atoms with Crippen LogP contribution in [0.2, 0.25) is 0 Å². The van der Waals surface area contributed by atoms with Crippen LogP contribution >= 0.6 is 11.8 Å². The second-order valence-corrected chi connectivity index (χ2v) is 7.33. The highest BCUT2D eigenvalue weighted by atomic mass is 32.2. The smallest absolute Gasteiger partial charge is 0.233 e. The number of aromatic nitrogens is 3. The third-order valence-electron chi connectivity index (χ3n) is 4.53. The molecule has 1 aromatic carbocycles. The predicted molar refractivity (Wildman–Crippen MR) is 105 cm³/mol. The summed E-state index contributed by atoms with van der Waals surface area (Å²) in [6.07, 6.45) is 1.73. The van der Waals surface area contributed by atoms with E-state index in [4.69, 9.17) is 0 Å². The number of benzene rings is 1. The van der Waals surface area contributed by atoms with Crippen molar-refractivity contribution in [2.75, 3.05) is 31.9 Å². The number of thioether (sulfide) groups is 1. The molecule has 0 aliphatic carbocycles. The fraction of sp³-hybridized carbons (Fsp3) is 0.368. The zero-order chi connectivity index (χ0) is 20.1. The lowest BCUT2D eigenvalue weighted by atomic mass is 10.2. The summed E-state index contributed by atoms with van der Waals surface area (Å²) in [4.78, 5) is 27.4. The number of halogens is 1. The molecule has 0 radical (unpaired) electrons. The minimum absolute atomic E-state index is 0.00434. The molecular formula is C19H22FN5O2S. The van der Waals surface area contributed by atoms with Crippen molar-refractivity contribution in [1.82, 2.24) is 24.6 Å². The van der Waals surface area contributed by atoms with Gasteiger partial charge in [0.05, 0.1) is 5.75 Å². The lowest BCUT2D eigenvalue weighted by Gasteiger charge is -2.34. The van der Waals surface area contributed by atoms with Crippen LogP contribution in [0.3, 0.4) is 0 Å². The summed E-state index contributed by atoms with van der Waals surface area (Å²) in [5.74, 6) is 0.559. The number of nitrogens with zero attached hydrogens (tertiary/aromatic N) is 5. The molecule has 9 heteroatoms. The van der Waals surface area contributed by atoms with Gasteiger partial charge in [-0.1, -0.05) is 17.8 Å². The van der Waals surface area contributed by atoms with Crippen LogP contribution in [-0.2, 0) is 16.1 Å². The second-order valence-electron chi connectivity index (χ2n) is 6.39. The summed E-state index contributed by atoms with van der Waals surface area (Å²) in [5.41, 5.74) is 0.745. The number of carbonyl (C=O) groups excluding carboxylic acids is 2. The van der Waals surface area contributed by atoms with E-state index in [-0.39, 0.29) is 23.4 Å². The van der Waals surface area contributed by atoms with Crippen molar-refractivity contribution >= 4 is 23.6 Å². The van der Waals surface area contributed by atoms with Gasteiger partial charge in [-0.3, -0.25) is 14.2 Å². The van der Waals surface area contributed by atoms with Crippen LogP contribution in [0.15, 0.2) is 42.1 Å². The van der Waals surface area contributed by atoms with Crippen molar-refractivity contribution in [3.05, 3.63) is 42.7 Å². The van der Waals surface area contributed by atoms with Crippen molar-refractivity contribution in [3.8, 4) is 11.4 Å². The molecule has 0 N–H and O–H groups in total. The average molecular weight is 403 g/mol. The number of amides is 2. The Morgan fingerprint density at radius 3 is 2.39 bits per heavy atom. The standard InChI is InChI=1S/C19H22FN5O2S/c1-3-8-25-18(15-4-6-16(20)7-5-15)21-22-19(25)28-13-17(27)24-11-9-23(10-12-24)14(2)26/h3-7H,1,8-13H2,2H3. The third-order valence-corrected chi connectivity index (χ3v) is 5.48. The number of allylic oxidation sites excluding steroid dienone is 1. The van der Waals surface area contributed by atoms with E-state index in [2.05, 4.69) is 16.8 Å². The van der Waals surface area contributed by atoms with E-state index in [0.29, 0.717) is 43.7 Å². The van der Waals surface area contributed by atoms with E-state index in [1.807, 2.05) is 4.57 Å². The summed E-state index contributed by atoms with van der Waals surface area (Å²) in [5, 5.41) is 9.01. The zero-order valence-corrected chi connectivity index (χ0v) is 16.5. The molecule has 2 heterocycles. The molecule has 0 spiro atoms. The monoisotopic (exact) mass is 403 g/mol. The summed E-state index contributed by atoms with van der Waals surface area (Å²) < 4.78 is 15.0. The topological polar surface area (TPSA) is 71.3 Å². The van der Waals surface area contributed by atoms with Crippen molar-refractivity contribution in [2.45, 2.75) is 18.6 Å². The highest BCUT2D eigenvalue weighted by molar-refractivity contribution is 7.99. The molecule has 0 saturated carbocycles. The molecular weight excluding hydrogens is 381 g/mol. The maximum atomic E-state index is 13.2. The first-order valence-corrected chi connectivity index (χ1v) is 9.94. The number of hydrogen-bond acceptors (Lipinski definition) is 5. The molecule has 2 aromatic rings. The molecule has 0 bridgehead atoms. The molecule has 1 aromatic heterocycles. The van der Waals surface area contributed by atoms with Gasteiger partial charge in [-0.15, -0.1) is 16.8 Å². The van der Waals surface area contributed by atoms with Gasteiger partial charge in [-0.25, -0.2) is 4.39 Å². The first kappa shape index (κ1) is 20.1. The first-order chi connectivity index (χ1) is 13.5. The van der Waals surface area contributed by atoms with Gasteiger partial charge < -0.3 is 9.80 Å². The van der Waals surface area contributed by atoms with Crippen LogP contribution in [0.1, 0.15) is 6.92 Å². The third kappa shape index (κ3) is 4.59. The Bertz CT molecular complexity index is 860. The fourth-order valence-electron chi connectivity index (χ4n) is 2.99. The minimum atomic E-state index is -0.316. The first-order valence-electron chi connectivity index (χ1n) is 8.95.